The number of hydrogen-bond donors (Lipinski definition) is 1. The second kappa shape index (κ2) is 7.33. The van der Waals surface area contributed by atoms with Crippen LogP contribution in [0.5, 0.6) is 0 Å². The number of aromatic nitrogens is 1. The maximum absolute atomic E-state index is 12.7. The normalized spacial score (nSPS) is 18.7. The van der Waals surface area contributed by atoms with Gasteiger partial charge in [0.25, 0.3) is 5.91 Å². The van der Waals surface area contributed by atoms with Crippen molar-refractivity contribution in [3.05, 3.63) is 54.4 Å². The molecule has 1 aliphatic heterocycles. The fraction of sp³-hybridized carbons (Fsp3) is 0.333. The molecule has 7 heteroatoms. The van der Waals surface area contributed by atoms with Crippen LogP contribution in [0.15, 0.2) is 53.6 Å². The number of pyridine rings is 1. The molecular formula is C18H21N3O3S. The van der Waals surface area contributed by atoms with Crippen molar-refractivity contribution < 1.29 is 13.2 Å². The van der Waals surface area contributed by atoms with E-state index in [1.54, 1.807) is 40.8 Å². The van der Waals surface area contributed by atoms with Crippen LogP contribution in [0.25, 0.3) is 0 Å². The Bertz CT molecular complexity index is 836. The van der Waals surface area contributed by atoms with Crippen molar-refractivity contribution in [3.8, 4) is 0 Å². The minimum absolute atomic E-state index is 0.248. The number of benzene rings is 1. The van der Waals surface area contributed by atoms with Crippen LogP contribution in [-0.4, -0.2) is 36.7 Å². The van der Waals surface area contributed by atoms with Gasteiger partial charge in [0.05, 0.1) is 4.90 Å². The molecule has 3 rings (SSSR count). The molecule has 0 bridgehead atoms. The average Bonchev–Trinajstić information content (AvgIpc) is 2.63. The topological polar surface area (TPSA) is 79.4 Å². The number of anilines is 1. The van der Waals surface area contributed by atoms with Gasteiger partial charge in [-0.25, -0.2) is 8.42 Å². The smallest absolute Gasteiger partial charge is 0.274 e. The van der Waals surface area contributed by atoms with Crippen molar-refractivity contribution in [2.75, 3.05) is 18.4 Å². The summed E-state index contributed by atoms with van der Waals surface area (Å²) in [6.45, 7) is 3.18. The molecule has 1 amide bonds. The zero-order valence-electron chi connectivity index (χ0n) is 14.1. The SMILES string of the molecule is CC1CCCN(S(=O)(=O)c2ccc(NC(=O)c3ccccn3)cc2)C1. The van der Waals surface area contributed by atoms with Crippen molar-refractivity contribution in [3.63, 3.8) is 0 Å². The van der Waals surface area contributed by atoms with Crippen LogP contribution in [-0.2, 0) is 10.0 Å². The van der Waals surface area contributed by atoms with Crippen molar-refractivity contribution in [2.45, 2.75) is 24.7 Å². The van der Waals surface area contributed by atoms with Gasteiger partial charge in [0.2, 0.25) is 10.0 Å². The van der Waals surface area contributed by atoms with Crippen molar-refractivity contribution in [1.29, 1.82) is 0 Å². The monoisotopic (exact) mass is 359 g/mol. The molecule has 1 saturated heterocycles. The number of carbonyl (C=O) groups excluding carboxylic acids is 1. The molecule has 1 unspecified atom stereocenters. The number of rotatable bonds is 4. The molecule has 0 aliphatic carbocycles. The first-order valence-electron chi connectivity index (χ1n) is 8.29. The van der Waals surface area contributed by atoms with E-state index in [2.05, 4.69) is 17.2 Å². The zero-order valence-corrected chi connectivity index (χ0v) is 14.9. The first-order valence-corrected chi connectivity index (χ1v) is 9.73. The number of amides is 1. The molecule has 2 aromatic rings. The van der Waals surface area contributed by atoms with E-state index in [9.17, 15) is 13.2 Å². The van der Waals surface area contributed by atoms with Gasteiger partial charge in [0.15, 0.2) is 0 Å². The quantitative estimate of drug-likeness (QED) is 0.910. The van der Waals surface area contributed by atoms with E-state index < -0.39 is 10.0 Å². The lowest BCUT2D eigenvalue weighted by molar-refractivity contribution is 0.102. The Morgan fingerprint density at radius 1 is 1.20 bits per heavy atom. The fourth-order valence-electron chi connectivity index (χ4n) is 2.92. The summed E-state index contributed by atoms with van der Waals surface area (Å²) < 4.78 is 27.0. The Hall–Kier alpha value is -2.25. The molecule has 1 aliphatic rings. The molecule has 1 fully saturated rings. The number of nitrogens with one attached hydrogen (secondary N) is 1. The molecule has 0 saturated carbocycles. The molecule has 2 heterocycles. The Morgan fingerprint density at radius 2 is 1.96 bits per heavy atom. The molecule has 1 atom stereocenters. The van der Waals surface area contributed by atoms with Gasteiger partial charge in [-0.05, 0) is 55.2 Å². The molecular weight excluding hydrogens is 338 g/mol. The third-order valence-electron chi connectivity index (χ3n) is 4.27. The van der Waals surface area contributed by atoms with E-state index >= 15 is 0 Å². The second-order valence-electron chi connectivity index (χ2n) is 6.30. The summed E-state index contributed by atoms with van der Waals surface area (Å²) in [4.78, 5) is 16.3. The zero-order chi connectivity index (χ0) is 17.9. The maximum atomic E-state index is 12.7. The van der Waals surface area contributed by atoms with Crippen LogP contribution in [0, 0.1) is 5.92 Å². The van der Waals surface area contributed by atoms with E-state index in [1.807, 2.05) is 0 Å². The van der Waals surface area contributed by atoms with Crippen LogP contribution in [0.2, 0.25) is 0 Å². The molecule has 1 aromatic heterocycles. The Labute approximate surface area is 147 Å². The predicted octanol–water partition coefficient (Wildman–Crippen LogP) is 2.75. The first-order chi connectivity index (χ1) is 12.0. The summed E-state index contributed by atoms with van der Waals surface area (Å²) in [7, 11) is -3.48. The average molecular weight is 359 g/mol. The highest BCUT2D eigenvalue weighted by molar-refractivity contribution is 7.89. The summed E-state index contributed by atoms with van der Waals surface area (Å²) in [6, 6.07) is 11.3. The standard InChI is InChI=1S/C18H21N3O3S/c1-14-5-4-12-21(13-14)25(23,24)16-9-7-15(8-10-16)20-18(22)17-6-2-3-11-19-17/h2-3,6-11,14H,4-5,12-13H2,1H3,(H,20,22). The van der Waals surface area contributed by atoms with Gasteiger partial charge < -0.3 is 5.32 Å². The van der Waals surface area contributed by atoms with Gasteiger partial charge in [-0.2, -0.15) is 4.31 Å². The molecule has 1 aromatic carbocycles. The maximum Gasteiger partial charge on any atom is 0.274 e. The van der Waals surface area contributed by atoms with Gasteiger partial charge in [0.1, 0.15) is 5.69 Å². The number of carbonyl (C=O) groups is 1. The van der Waals surface area contributed by atoms with Gasteiger partial charge in [-0.3, -0.25) is 9.78 Å². The van der Waals surface area contributed by atoms with Crippen LogP contribution >= 0.6 is 0 Å². The molecule has 0 spiro atoms. The van der Waals surface area contributed by atoms with Crippen molar-refractivity contribution in [1.82, 2.24) is 9.29 Å². The van der Waals surface area contributed by atoms with Gasteiger partial charge in [-0.1, -0.05) is 13.0 Å². The number of piperidine rings is 1. The van der Waals surface area contributed by atoms with E-state index in [0.29, 0.717) is 30.4 Å². The van der Waals surface area contributed by atoms with Crippen LogP contribution in [0.1, 0.15) is 30.3 Å². The second-order valence-corrected chi connectivity index (χ2v) is 8.24. The molecule has 132 valence electrons. The highest BCUT2D eigenvalue weighted by Gasteiger charge is 2.28. The number of hydrogen-bond acceptors (Lipinski definition) is 4. The van der Waals surface area contributed by atoms with Gasteiger partial charge in [0, 0.05) is 25.0 Å². The highest BCUT2D eigenvalue weighted by atomic mass is 32.2. The summed E-state index contributed by atoms with van der Waals surface area (Å²) in [5, 5.41) is 2.71. The lowest BCUT2D eigenvalue weighted by Gasteiger charge is -2.30. The lowest BCUT2D eigenvalue weighted by Crippen LogP contribution is -2.39. The minimum Gasteiger partial charge on any atom is -0.321 e. The van der Waals surface area contributed by atoms with Gasteiger partial charge in [-0.15, -0.1) is 0 Å². The molecule has 25 heavy (non-hydrogen) atoms. The fourth-order valence-corrected chi connectivity index (χ4v) is 4.51. The van der Waals surface area contributed by atoms with Crippen LogP contribution in [0.4, 0.5) is 5.69 Å². The van der Waals surface area contributed by atoms with Crippen molar-refractivity contribution >= 4 is 21.6 Å². The molecule has 0 radical (unpaired) electrons. The summed E-state index contributed by atoms with van der Waals surface area (Å²) >= 11 is 0. The van der Waals surface area contributed by atoms with Crippen LogP contribution < -0.4 is 5.32 Å². The van der Waals surface area contributed by atoms with E-state index in [0.717, 1.165) is 12.8 Å². The third-order valence-corrected chi connectivity index (χ3v) is 6.15. The van der Waals surface area contributed by atoms with E-state index in [-0.39, 0.29) is 10.8 Å². The van der Waals surface area contributed by atoms with E-state index in [1.165, 1.54) is 12.1 Å². The number of nitrogens with zero attached hydrogens (tertiary/aromatic N) is 2. The largest absolute Gasteiger partial charge is 0.321 e. The first kappa shape index (κ1) is 17.6. The Morgan fingerprint density at radius 3 is 2.60 bits per heavy atom. The van der Waals surface area contributed by atoms with Crippen molar-refractivity contribution in [2.24, 2.45) is 5.92 Å². The minimum atomic E-state index is -3.48. The summed E-state index contributed by atoms with van der Waals surface area (Å²) in [6.07, 6.45) is 3.49. The Balaban J connectivity index is 1.72. The Kier molecular flexibility index (Phi) is 5.15. The summed E-state index contributed by atoms with van der Waals surface area (Å²) in [5.41, 5.74) is 0.836. The molecule has 6 nitrogen and oxygen atoms in total. The lowest BCUT2D eigenvalue weighted by atomic mass is 10.0. The van der Waals surface area contributed by atoms with Gasteiger partial charge >= 0.3 is 0 Å². The van der Waals surface area contributed by atoms with Crippen LogP contribution in [0.3, 0.4) is 0 Å². The molecule has 1 N–H and O–H groups in total. The summed E-state index contributed by atoms with van der Waals surface area (Å²) in [5.74, 6) is 0.0431. The number of sulfonamides is 1. The predicted molar refractivity (Wildman–Crippen MR) is 95.8 cm³/mol. The van der Waals surface area contributed by atoms with E-state index in [4.69, 9.17) is 0 Å². The highest BCUT2D eigenvalue weighted by Crippen LogP contribution is 2.24. The third kappa shape index (κ3) is 4.05.